The number of hydrogen-bond acceptors (Lipinski definition) is 7. The first-order valence-corrected chi connectivity index (χ1v) is 14.2. The monoisotopic (exact) mass is 551 g/mol. The molecule has 2 amide bonds. The van der Waals surface area contributed by atoms with Crippen LogP contribution in [0.3, 0.4) is 0 Å². The minimum Gasteiger partial charge on any atom is -0.429 e. The number of rotatable bonds is 10. The van der Waals surface area contributed by atoms with E-state index < -0.39 is 15.9 Å². The van der Waals surface area contributed by atoms with E-state index >= 15 is 0 Å². The number of piperidine rings is 1. The van der Waals surface area contributed by atoms with Crippen molar-refractivity contribution in [1.29, 1.82) is 0 Å². The molecule has 39 heavy (non-hydrogen) atoms. The molecule has 0 aromatic heterocycles. The Kier molecular flexibility index (Phi) is 7.65. The standard InChI is InChI=1S/C28H29N3O7S/c1-37-16-4-15-31-25-13-12-24(22-6-2-7-23(26(22)25)28(31)34)29-27(33)19-5-3-14-30(17-19)39(35,36)21-10-8-20(9-11-21)38-18-32/h2,6-13,18-19H,3-5,14-17H2,1H3,(H,29,33). The molecule has 1 N–H and O–H groups in total. The van der Waals surface area contributed by atoms with E-state index in [1.54, 1.807) is 30.2 Å². The molecule has 1 fully saturated rings. The van der Waals surface area contributed by atoms with Crippen LogP contribution in [0.1, 0.15) is 29.6 Å². The summed E-state index contributed by atoms with van der Waals surface area (Å²) in [5.41, 5.74) is 1.98. The summed E-state index contributed by atoms with van der Waals surface area (Å²) in [4.78, 5) is 38.7. The maximum atomic E-state index is 13.4. The Morgan fingerprint density at radius 1 is 1.13 bits per heavy atom. The van der Waals surface area contributed by atoms with Gasteiger partial charge in [0.05, 0.1) is 16.5 Å². The molecule has 0 spiro atoms. The summed E-state index contributed by atoms with van der Waals surface area (Å²) in [7, 11) is -2.21. The molecular formula is C28H29N3O7S. The van der Waals surface area contributed by atoms with Crippen LogP contribution >= 0.6 is 0 Å². The fourth-order valence-electron chi connectivity index (χ4n) is 5.25. The van der Waals surface area contributed by atoms with E-state index in [-0.39, 0.29) is 35.5 Å². The lowest BCUT2D eigenvalue weighted by atomic mass is 9.98. The fourth-order valence-corrected chi connectivity index (χ4v) is 6.77. The van der Waals surface area contributed by atoms with Crippen LogP contribution in [0, 0.1) is 5.92 Å². The average Bonchev–Trinajstić information content (AvgIpc) is 3.22. The number of benzene rings is 3. The van der Waals surface area contributed by atoms with Gasteiger partial charge in [-0.1, -0.05) is 12.1 Å². The molecule has 2 aliphatic rings. The average molecular weight is 552 g/mol. The zero-order chi connectivity index (χ0) is 27.6. The number of anilines is 2. The van der Waals surface area contributed by atoms with Crippen LogP contribution in [0.15, 0.2) is 59.5 Å². The second kappa shape index (κ2) is 11.1. The summed E-state index contributed by atoms with van der Waals surface area (Å²) in [5.74, 6) is -0.646. The number of amides is 2. The van der Waals surface area contributed by atoms with E-state index in [1.807, 2.05) is 12.1 Å². The Bertz CT molecular complexity index is 1520. The second-order valence-corrected chi connectivity index (χ2v) is 11.5. The summed E-state index contributed by atoms with van der Waals surface area (Å²) in [6.45, 7) is 1.71. The highest BCUT2D eigenvalue weighted by atomic mass is 32.2. The third-order valence-electron chi connectivity index (χ3n) is 7.17. The Hall–Kier alpha value is -3.80. The Morgan fingerprint density at radius 2 is 1.92 bits per heavy atom. The topological polar surface area (TPSA) is 122 Å². The molecule has 2 aliphatic heterocycles. The Labute approximate surface area is 226 Å². The van der Waals surface area contributed by atoms with E-state index in [2.05, 4.69) is 5.32 Å². The lowest BCUT2D eigenvalue weighted by Crippen LogP contribution is -2.43. The molecule has 0 radical (unpaired) electrons. The quantitative estimate of drug-likeness (QED) is 0.303. The molecule has 0 aliphatic carbocycles. The van der Waals surface area contributed by atoms with E-state index in [1.165, 1.54) is 28.6 Å². The molecular weight excluding hydrogens is 522 g/mol. The third-order valence-corrected chi connectivity index (χ3v) is 9.05. The molecule has 1 unspecified atom stereocenters. The van der Waals surface area contributed by atoms with Gasteiger partial charge in [0.1, 0.15) is 5.75 Å². The van der Waals surface area contributed by atoms with Crippen molar-refractivity contribution >= 4 is 50.5 Å². The van der Waals surface area contributed by atoms with Gasteiger partial charge < -0.3 is 19.7 Å². The Morgan fingerprint density at radius 3 is 2.67 bits per heavy atom. The molecule has 0 saturated carbocycles. The minimum absolute atomic E-state index is 0.0494. The highest BCUT2D eigenvalue weighted by Crippen LogP contribution is 2.41. The zero-order valence-electron chi connectivity index (χ0n) is 21.5. The summed E-state index contributed by atoms with van der Waals surface area (Å²) in [6.07, 6.45) is 1.80. The van der Waals surface area contributed by atoms with Crippen molar-refractivity contribution < 1.29 is 32.3 Å². The van der Waals surface area contributed by atoms with Crippen LogP contribution in [-0.4, -0.2) is 64.4 Å². The first kappa shape index (κ1) is 26.8. The summed E-state index contributed by atoms with van der Waals surface area (Å²) in [5, 5.41) is 4.55. The molecule has 1 atom stereocenters. The molecule has 3 aromatic carbocycles. The van der Waals surface area contributed by atoms with Crippen molar-refractivity contribution in [1.82, 2.24) is 4.31 Å². The summed E-state index contributed by atoms with van der Waals surface area (Å²) < 4.78 is 37.7. The molecule has 204 valence electrons. The van der Waals surface area contributed by atoms with Crippen LogP contribution in [0.25, 0.3) is 10.8 Å². The number of hydrogen-bond donors (Lipinski definition) is 1. The van der Waals surface area contributed by atoms with Crippen molar-refractivity contribution in [3.8, 4) is 5.75 Å². The molecule has 5 rings (SSSR count). The van der Waals surface area contributed by atoms with E-state index in [0.29, 0.717) is 50.2 Å². The minimum atomic E-state index is -3.84. The number of carbonyl (C=O) groups is 3. The predicted molar refractivity (Wildman–Crippen MR) is 145 cm³/mol. The van der Waals surface area contributed by atoms with E-state index in [9.17, 15) is 22.8 Å². The second-order valence-electron chi connectivity index (χ2n) is 9.54. The molecule has 10 nitrogen and oxygen atoms in total. The molecule has 11 heteroatoms. The smallest absolute Gasteiger partial charge is 0.298 e. The third kappa shape index (κ3) is 5.12. The van der Waals surface area contributed by atoms with Crippen molar-refractivity contribution in [3.05, 3.63) is 60.2 Å². The van der Waals surface area contributed by atoms with Gasteiger partial charge in [0.25, 0.3) is 12.4 Å². The number of carbonyl (C=O) groups excluding carboxylic acids is 3. The van der Waals surface area contributed by atoms with Gasteiger partial charge in [-0.3, -0.25) is 14.4 Å². The Balaban J connectivity index is 1.34. The van der Waals surface area contributed by atoms with Gasteiger partial charge in [-0.2, -0.15) is 4.31 Å². The normalized spacial score (nSPS) is 17.4. The van der Waals surface area contributed by atoms with Crippen molar-refractivity contribution in [2.75, 3.05) is 43.6 Å². The van der Waals surface area contributed by atoms with Crippen molar-refractivity contribution in [3.63, 3.8) is 0 Å². The largest absolute Gasteiger partial charge is 0.429 e. The molecule has 1 saturated heterocycles. The highest BCUT2D eigenvalue weighted by Gasteiger charge is 2.34. The van der Waals surface area contributed by atoms with Gasteiger partial charge in [0.2, 0.25) is 15.9 Å². The van der Waals surface area contributed by atoms with Gasteiger partial charge in [-0.15, -0.1) is 0 Å². The molecule has 2 heterocycles. The highest BCUT2D eigenvalue weighted by molar-refractivity contribution is 7.89. The van der Waals surface area contributed by atoms with Crippen LogP contribution in [0.5, 0.6) is 5.75 Å². The van der Waals surface area contributed by atoms with Crippen LogP contribution in [-0.2, 0) is 24.3 Å². The van der Waals surface area contributed by atoms with Crippen molar-refractivity contribution in [2.24, 2.45) is 5.92 Å². The number of sulfonamides is 1. The molecule has 0 bridgehead atoms. The van der Waals surface area contributed by atoms with Crippen LogP contribution in [0.2, 0.25) is 0 Å². The van der Waals surface area contributed by atoms with Gasteiger partial charge in [-0.25, -0.2) is 8.42 Å². The number of nitrogens with one attached hydrogen (secondary N) is 1. The van der Waals surface area contributed by atoms with Gasteiger partial charge in [0.15, 0.2) is 0 Å². The molecule has 3 aromatic rings. The van der Waals surface area contributed by atoms with Gasteiger partial charge >= 0.3 is 0 Å². The number of methoxy groups -OCH3 is 1. The number of nitrogens with zero attached hydrogens (tertiary/aromatic N) is 2. The van der Waals surface area contributed by atoms with Crippen LogP contribution in [0.4, 0.5) is 11.4 Å². The predicted octanol–water partition coefficient (Wildman–Crippen LogP) is 3.41. The lowest BCUT2D eigenvalue weighted by molar-refractivity contribution is -0.121. The van der Waals surface area contributed by atoms with E-state index in [4.69, 9.17) is 9.47 Å². The summed E-state index contributed by atoms with van der Waals surface area (Å²) in [6, 6.07) is 14.7. The first-order valence-electron chi connectivity index (χ1n) is 12.7. The summed E-state index contributed by atoms with van der Waals surface area (Å²) >= 11 is 0. The zero-order valence-corrected chi connectivity index (χ0v) is 22.3. The van der Waals surface area contributed by atoms with Gasteiger partial charge in [0, 0.05) is 55.4 Å². The maximum absolute atomic E-state index is 13.4. The SMILES string of the molecule is COCCCN1C(=O)c2cccc3c(NC(=O)C4CCCN(S(=O)(=O)c5ccc(OC=O)cc5)C4)ccc1c23. The maximum Gasteiger partial charge on any atom is 0.298 e. The number of ether oxygens (including phenoxy) is 2. The lowest BCUT2D eigenvalue weighted by Gasteiger charge is -2.31. The van der Waals surface area contributed by atoms with E-state index in [0.717, 1.165) is 16.5 Å². The van der Waals surface area contributed by atoms with Gasteiger partial charge in [-0.05, 0) is 61.7 Å². The van der Waals surface area contributed by atoms with Crippen LogP contribution < -0.4 is 15.0 Å². The fraction of sp³-hybridized carbons (Fsp3) is 0.321. The first-order chi connectivity index (χ1) is 18.8. The van der Waals surface area contributed by atoms with Crippen molar-refractivity contribution in [2.45, 2.75) is 24.2 Å².